The number of hydrogen-bond donors (Lipinski definition) is 2. The first-order valence-corrected chi connectivity index (χ1v) is 4.16. The van der Waals surface area contributed by atoms with Gasteiger partial charge < -0.3 is 11.1 Å². The minimum Gasteiger partial charge on any atom is -0.351 e. The topological polar surface area (TPSA) is 55.1 Å². The van der Waals surface area contributed by atoms with Gasteiger partial charge in [-0.25, -0.2) is 0 Å². The Morgan fingerprint density at radius 3 is 2.00 bits per heavy atom. The van der Waals surface area contributed by atoms with E-state index in [0.717, 1.165) is 0 Å². The normalized spacial score (nSPS) is 11.9. The monoisotopic (exact) mass is 270 g/mol. The van der Waals surface area contributed by atoms with Gasteiger partial charge in [0.05, 0.1) is 0 Å². The molecule has 1 amide bonds. The molecule has 0 aliphatic carbocycles. The third-order valence-corrected chi connectivity index (χ3v) is 1.56. The number of rotatable bonds is 5. The predicted molar refractivity (Wildman–Crippen MR) is 49.5 cm³/mol. The fourth-order valence-electron chi connectivity index (χ4n) is 0.711. The van der Waals surface area contributed by atoms with Crippen LogP contribution in [-0.2, 0) is 4.79 Å². The van der Waals surface area contributed by atoms with Gasteiger partial charge in [0, 0.05) is 6.54 Å². The minimum atomic E-state index is -5.86. The zero-order valence-electron chi connectivity index (χ0n) is 8.11. The van der Waals surface area contributed by atoms with Gasteiger partial charge in [0.1, 0.15) is 0 Å². The molecule has 0 radical (unpaired) electrons. The van der Waals surface area contributed by atoms with Crippen LogP contribution in [0.1, 0.15) is 12.8 Å². The summed E-state index contributed by atoms with van der Waals surface area (Å²) in [6.45, 7) is 0.0350. The second-order valence-corrected chi connectivity index (χ2v) is 2.82. The summed E-state index contributed by atoms with van der Waals surface area (Å²) in [5.41, 5.74) is 5.06. The molecule has 3 N–H and O–H groups in total. The van der Waals surface area contributed by atoms with Crippen LogP contribution in [0.3, 0.4) is 0 Å². The lowest BCUT2D eigenvalue weighted by molar-refractivity contribution is -0.269. The molecule has 0 aromatic rings. The molecule has 0 saturated heterocycles. The molecule has 0 unspecified atom stereocenters. The Morgan fingerprint density at radius 2 is 1.62 bits per heavy atom. The number of hydrogen-bond acceptors (Lipinski definition) is 2. The summed E-state index contributed by atoms with van der Waals surface area (Å²) < 4.78 is 59.4. The molecular formula is C7H12ClF5N2O. The van der Waals surface area contributed by atoms with E-state index in [-0.39, 0.29) is 31.9 Å². The van der Waals surface area contributed by atoms with Crippen molar-refractivity contribution in [1.29, 1.82) is 0 Å². The predicted octanol–water partition coefficient (Wildman–Crippen LogP) is 1.46. The number of amides is 1. The Kier molecular flexibility index (Phi) is 7.60. The molecule has 0 aliphatic heterocycles. The van der Waals surface area contributed by atoms with Crippen LogP contribution in [0, 0.1) is 0 Å². The maximum absolute atomic E-state index is 12.3. The molecule has 0 rings (SSSR count). The number of nitrogens with one attached hydrogen (secondary N) is 1. The smallest absolute Gasteiger partial charge is 0.351 e. The molecular weight excluding hydrogens is 259 g/mol. The molecule has 98 valence electrons. The van der Waals surface area contributed by atoms with Crippen LogP contribution in [-0.4, -0.2) is 31.1 Å². The van der Waals surface area contributed by atoms with Gasteiger partial charge in [0.15, 0.2) is 0 Å². The molecule has 0 aromatic carbocycles. The molecule has 0 spiro atoms. The Labute approximate surface area is 95.0 Å². The fraction of sp³-hybridized carbons (Fsp3) is 0.857. The minimum absolute atomic E-state index is 0. The summed E-state index contributed by atoms with van der Waals surface area (Å²) in [4.78, 5) is 10.5. The van der Waals surface area contributed by atoms with E-state index in [2.05, 4.69) is 0 Å². The van der Waals surface area contributed by atoms with Gasteiger partial charge in [0.25, 0.3) is 5.91 Å². The van der Waals surface area contributed by atoms with Crippen molar-refractivity contribution in [2.75, 3.05) is 13.1 Å². The van der Waals surface area contributed by atoms with E-state index < -0.39 is 18.0 Å². The van der Waals surface area contributed by atoms with Crippen LogP contribution in [0.5, 0.6) is 0 Å². The molecule has 16 heavy (non-hydrogen) atoms. The van der Waals surface area contributed by atoms with E-state index in [9.17, 15) is 26.7 Å². The van der Waals surface area contributed by atoms with Crippen molar-refractivity contribution in [3.8, 4) is 0 Å². The fourth-order valence-corrected chi connectivity index (χ4v) is 0.711. The third kappa shape index (κ3) is 4.93. The SMILES string of the molecule is Cl.NCCCCNC(=O)C(F)(F)C(F)(F)F. The van der Waals surface area contributed by atoms with E-state index in [4.69, 9.17) is 5.73 Å². The molecule has 3 nitrogen and oxygen atoms in total. The number of carbonyl (C=O) groups excluding carboxylic acids is 1. The summed E-state index contributed by atoms with van der Waals surface area (Å²) in [5, 5.41) is 1.50. The van der Waals surface area contributed by atoms with E-state index in [1.807, 2.05) is 0 Å². The van der Waals surface area contributed by atoms with Gasteiger partial charge in [-0.2, -0.15) is 22.0 Å². The highest BCUT2D eigenvalue weighted by Crippen LogP contribution is 2.35. The van der Waals surface area contributed by atoms with Gasteiger partial charge in [-0.3, -0.25) is 4.79 Å². The van der Waals surface area contributed by atoms with E-state index in [1.165, 1.54) is 5.32 Å². The van der Waals surface area contributed by atoms with Crippen LogP contribution in [0.4, 0.5) is 22.0 Å². The zero-order valence-corrected chi connectivity index (χ0v) is 8.93. The quantitative estimate of drug-likeness (QED) is 0.587. The van der Waals surface area contributed by atoms with Crippen molar-refractivity contribution in [2.45, 2.75) is 24.9 Å². The van der Waals surface area contributed by atoms with Gasteiger partial charge in [-0.15, -0.1) is 12.4 Å². The largest absolute Gasteiger partial charge is 0.463 e. The van der Waals surface area contributed by atoms with Gasteiger partial charge in [-0.1, -0.05) is 0 Å². The first kappa shape index (κ1) is 17.8. The molecule has 0 saturated carbocycles. The average Bonchev–Trinajstić information content (AvgIpc) is 2.10. The van der Waals surface area contributed by atoms with Crippen LogP contribution in [0.25, 0.3) is 0 Å². The van der Waals surface area contributed by atoms with E-state index >= 15 is 0 Å². The highest BCUT2D eigenvalue weighted by molar-refractivity contribution is 5.85. The molecule has 0 bridgehead atoms. The third-order valence-electron chi connectivity index (χ3n) is 1.56. The van der Waals surface area contributed by atoms with Crippen LogP contribution in [0.15, 0.2) is 0 Å². The summed E-state index contributed by atoms with van der Waals surface area (Å²) >= 11 is 0. The van der Waals surface area contributed by atoms with Crippen LogP contribution in [0.2, 0.25) is 0 Å². The van der Waals surface area contributed by atoms with Gasteiger partial charge in [-0.05, 0) is 19.4 Å². The van der Waals surface area contributed by atoms with Gasteiger partial charge in [0.2, 0.25) is 0 Å². The van der Waals surface area contributed by atoms with Crippen LogP contribution >= 0.6 is 12.4 Å². The second kappa shape index (κ2) is 6.85. The molecule has 9 heteroatoms. The van der Waals surface area contributed by atoms with Crippen molar-refractivity contribution in [3.63, 3.8) is 0 Å². The van der Waals surface area contributed by atoms with Crippen molar-refractivity contribution in [3.05, 3.63) is 0 Å². The number of alkyl halides is 5. The molecule has 0 heterocycles. The highest BCUT2D eigenvalue weighted by Gasteiger charge is 2.63. The average molecular weight is 271 g/mol. The molecule has 0 aliphatic rings. The molecule has 0 aromatic heterocycles. The van der Waals surface area contributed by atoms with Crippen molar-refractivity contribution in [2.24, 2.45) is 5.73 Å². The summed E-state index contributed by atoms with van der Waals surface area (Å²) in [5.74, 6) is -7.66. The van der Waals surface area contributed by atoms with Gasteiger partial charge >= 0.3 is 12.1 Å². The van der Waals surface area contributed by atoms with Crippen LogP contribution < -0.4 is 11.1 Å². The Bertz CT molecular complexity index is 221. The Hall–Kier alpha value is -0.630. The van der Waals surface area contributed by atoms with Crippen molar-refractivity contribution >= 4 is 18.3 Å². The van der Waals surface area contributed by atoms with Crippen molar-refractivity contribution in [1.82, 2.24) is 5.32 Å². The first-order chi connectivity index (χ1) is 6.73. The molecule has 0 atom stereocenters. The molecule has 0 fully saturated rings. The number of nitrogens with two attached hydrogens (primary N) is 1. The first-order valence-electron chi connectivity index (χ1n) is 4.16. The Balaban J connectivity index is 0. The summed E-state index contributed by atoms with van der Waals surface area (Å²) in [7, 11) is 0. The number of carbonyl (C=O) groups is 1. The maximum Gasteiger partial charge on any atom is 0.463 e. The summed E-state index contributed by atoms with van der Waals surface area (Å²) in [6.07, 6.45) is -5.15. The lowest BCUT2D eigenvalue weighted by Gasteiger charge is -2.18. The summed E-state index contributed by atoms with van der Waals surface area (Å²) in [6, 6.07) is 0. The second-order valence-electron chi connectivity index (χ2n) is 2.82. The maximum atomic E-state index is 12.3. The zero-order chi connectivity index (χ0) is 12.1. The van der Waals surface area contributed by atoms with E-state index in [0.29, 0.717) is 6.42 Å². The standard InChI is InChI=1S/C7H11F5N2O.ClH/c8-6(9,7(10,11)12)5(15)14-4-2-1-3-13;/h1-4,13H2,(H,14,15);1H. The number of unbranched alkanes of at least 4 members (excludes halogenated alkanes) is 1. The highest BCUT2D eigenvalue weighted by atomic mass is 35.5. The van der Waals surface area contributed by atoms with E-state index in [1.54, 1.807) is 0 Å². The Morgan fingerprint density at radius 1 is 1.12 bits per heavy atom. The van der Waals surface area contributed by atoms with Crippen molar-refractivity contribution < 1.29 is 26.7 Å². The lowest BCUT2D eigenvalue weighted by atomic mass is 10.2. The number of halogens is 6. The lowest BCUT2D eigenvalue weighted by Crippen LogP contribution is -2.50.